The third kappa shape index (κ3) is 6.64. The van der Waals surface area contributed by atoms with E-state index in [0.29, 0.717) is 10.3 Å². The second-order valence-electron chi connectivity index (χ2n) is 10.7. The third-order valence-corrected chi connectivity index (χ3v) is 9.08. The third-order valence-electron chi connectivity index (χ3n) is 7.84. The van der Waals surface area contributed by atoms with Crippen molar-refractivity contribution in [3.63, 3.8) is 0 Å². The van der Waals surface area contributed by atoms with E-state index in [1.165, 1.54) is 101 Å². The van der Waals surface area contributed by atoms with E-state index in [4.69, 9.17) is 28.5 Å². The van der Waals surface area contributed by atoms with Crippen molar-refractivity contribution in [2.75, 3.05) is 62.2 Å². The normalized spacial score (nSPS) is 22.3. The molecule has 6 rings (SSSR count). The fourth-order valence-electron chi connectivity index (χ4n) is 5.72. The monoisotopic (exact) mass is 560 g/mol. The average Bonchev–Trinajstić information content (AvgIpc) is 3.00. The molecule has 6 heterocycles. The van der Waals surface area contributed by atoms with Gasteiger partial charge in [-0.3, -0.25) is 0 Å². The van der Waals surface area contributed by atoms with Gasteiger partial charge in [-0.05, 0) is 64.2 Å². The summed E-state index contributed by atoms with van der Waals surface area (Å²) < 4.78 is 12.2. The molecule has 0 atom stereocenters. The molecule has 0 saturated carbocycles. The number of anilines is 2. The van der Waals surface area contributed by atoms with E-state index in [1.54, 1.807) is 0 Å². The number of hydrogen-bond donors (Lipinski definition) is 0. The summed E-state index contributed by atoms with van der Waals surface area (Å²) in [7, 11) is 0. The van der Waals surface area contributed by atoms with Crippen LogP contribution in [0.3, 0.4) is 0 Å². The Balaban J connectivity index is 1.36. The Bertz CT molecular complexity index is 972. The zero-order chi connectivity index (χ0) is 25.6. The van der Waals surface area contributed by atoms with Crippen LogP contribution in [0.25, 0.3) is 11.0 Å². The van der Waals surface area contributed by atoms with Gasteiger partial charge in [0.2, 0.25) is 10.3 Å². The van der Waals surface area contributed by atoms with E-state index in [0.717, 1.165) is 75.0 Å². The standard InChI is InChI=1S/C26H40N8O2S2/c1-5-13-31(14-6-1)23-21-22(28-25(29-23)37-35-33-17-9-3-10-18-33)24(32-15-7-2-8-16-32)30-26(27-21)38-36-34-19-11-4-12-20-34/h1-20H2. The first-order valence-electron chi connectivity index (χ1n) is 14.6. The summed E-state index contributed by atoms with van der Waals surface area (Å²) in [4.78, 5) is 24.9. The molecular weight excluding hydrogens is 520 g/mol. The molecular formula is C26H40N8O2S2. The lowest BCUT2D eigenvalue weighted by Gasteiger charge is -2.31. The Morgan fingerprint density at radius 3 is 1.13 bits per heavy atom. The van der Waals surface area contributed by atoms with Gasteiger partial charge in [-0.25, -0.2) is 28.5 Å². The highest BCUT2D eigenvalue weighted by Crippen LogP contribution is 2.35. The summed E-state index contributed by atoms with van der Waals surface area (Å²) in [5.74, 6) is 1.81. The largest absolute Gasteiger partial charge is 0.355 e. The Morgan fingerprint density at radius 2 is 0.763 bits per heavy atom. The summed E-state index contributed by atoms with van der Waals surface area (Å²) in [5, 5.41) is 5.36. The Hall–Kier alpha value is -1.44. The van der Waals surface area contributed by atoms with Crippen molar-refractivity contribution in [2.24, 2.45) is 0 Å². The molecule has 0 radical (unpaired) electrons. The SMILES string of the molecule is C1CCN(OSc2nc(N3CCCCC3)c3nc(SON4CCCCC4)nc(N4CCCCC4)c3n2)CC1. The Morgan fingerprint density at radius 1 is 0.421 bits per heavy atom. The zero-order valence-corrected chi connectivity index (χ0v) is 24.0. The summed E-state index contributed by atoms with van der Waals surface area (Å²) in [5.41, 5.74) is 1.66. The molecule has 2 aromatic heterocycles. The zero-order valence-electron chi connectivity index (χ0n) is 22.4. The minimum atomic E-state index is 0.635. The smallest absolute Gasteiger partial charge is 0.219 e. The van der Waals surface area contributed by atoms with Crippen LogP contribution in [-0.2, 0) is 8.57 Å². The van der Waals surface area contributed by atoms with Crippen LogP contribution in [0.15, 0.2) is 10.3 Å². The van der Waals surface area contributed by atoms with Crippen LogP contribution in [0.1, 0.15) is 77.0 Å². The minimum absolute atomic E-state index is 0.635. The number of piperidine rings is 4. The van der Waals surface area contributed by atoms with Gasteiger partial charge in [-0.1, -0.05) is 12.8 Å². The Kier molecular flexibility index (Phi) is 9.35. The van der Waals surface area contributed by atoms with Crippen molar-refractivity contribution in [3.05, 3.63) is 0 Å². The highest BCUT2D eigenvalue weighted by molar-refractivity contribution is 7.94. The number of aromatic nitrogens is 4. The predicted octanol–water partition coefficient (Wildman–Crippen LogP) is 5.25. The van der Waals surface area contributed by atoms with Crippen molar-refractivity contribution < 1.29 is 8.57 Å². The lowest BCUT2D eigenvalue weighted by molar-refractivity contribution is -0.0528. The Labute approximate surface area is 234 Å². The highest BCUT2D eigenvalue weighted by atomic mass is 32.2. The summed E-state index contributed by atoms with van der Waals surface area (Å²) in [6, 6.07) is 0. The maximum atomic E-state index is 6.10. The molecule has 4 saturated heterocycles. The van der Waals surface area contributed by atoms with Gasteiger partial charge in [0.15, 0.2) is 11.6 Å². The van der Waals surface area contributed by atoms with Gasteiger partial charge in [0, 0.05) is 52.4 Å². The van der Waals surface area contributed by atoms with Gasteiger partial charge >= 0.3 is 0 Å². The molecule has 0 unspecified atom stereocenters. The second kappa shape index (κ2) is 13.3. The van der Waals surface area contributed by atoms with Gasteiger partial charge in [0.25, 0.3) is 0 Å². The van der Waals surface area contributed by atoms with Crippen LogP contribution in [-0.4, -0.2) is 82.4 Å². The van der Waals surface area contributed by atoms with Gasteiger partial charge in [0.1, 0.15) is 11.0 Å². The first-order chi connectivity index (χ1) is 18.8. The second-order valence-corrected chi connectivity index (χ2v) is 12.1. The van der Waals surface area contributed by atoms with Crippen LogP contribution in [0, 0.1) is 0 Å². The molecule has 0 spiro atoms. The number of nitrogens with zero attached hydrogens (tertiary/aromatic N) is 8. The lowest BCUT2D eigenvalue weighted by Crippen LogP contribution is -2.32. The van der Waals surface area contributed by atoms with Crippen molar-refractivity contribution >= 4 is 46.8 Å². The average molecular weight is 561 g/mol. The van der Waals surface area contributed by atoms with E-state index in [1.807, 2.05) is 10.1 Å². The molecule has 38 heavy (non-hydrogen) atoms. The van der Waals surface area contributed by atoms with E-state index >= 15 is 0 Å². The number of fused-ring (bicyclic) bond motifs is 1. The molecule has 10 nitrogen and oxygen atoms in total. The molecule has 0 N–H and O–H groups in total. The van der Waals surface area contributed by atoms with Crippen molar-refractivity contribution in [1.82, 2.24) is 30.1 Å². The number of rotatable bonds is 8. The first kappa shape index (κ1) is 26.8. The molecule has 0 bridgehead atoms. The molecule has 2 aromatic rings. The quantitative estimate of drug-likeness (QED) is 0.312. The van der Waals surface area contributed by atoms with Crippen LogP contribution in [0.2, 0.25) is 0 Å². The molecule has 0 aliphatic carbocycles. The van der Waals surface area contributed by atoms with Crippen LogP contribution in [0.5, 0.6) is 0 Å². The maximum Gasteiger partial charge on any atom is 0.219 e. The van der Waals surface area contributed by atoms with E-state index < -0.39 is 0 Å². The van der Waals surface area contributed by atoms with E-state index in [2.05, 4.69) is 9.80 Å². The van der Waals surface area contributed by atoms with Crippen molar-refractivity contribution in [1.29, 1.82) is 0 Å². The molecule has 4 fully saturated rings. The number of hydrogen-bond acceptors (Lipinski definition) is 12. The molecule has 0 aromatic carbocycles. The summed E-state index contributed by atoms with van der Waals surface area (Å²) in [6.45, 7) is 7.77. The molecule has 4 aliphatic heterocycles. The van der Waals surface area contributed by atoms with Crippen LogP contribution in [0.4, 0.5) is 11.6 Å². The fourth-order valence-corrected chi connectivity index (χ4v) is 6.87. The van der Waals surface area contributed by atoms with Crippen molar-refractivity contribution in [2.45, 2.75) is 87.4 Å². The molecule has 0 amide bonds. The topological polar surface area (TPSA) is 83.0 Å². The summed E-state index contributed by atoms with van der Waals surface area (Å²) >= 11 is 2.55. The highest BCUT2D eigenvalue weighted by Gasteiger charge is 2.26. The van der Waals surface area contributed by atoms with Crippen LogP contribution >= 0.6 is 24.1 Å². The lowest BCUT2D eigenvalue weighted by atomic mass is 10.1. The predicted molar refractivity (Wildman–Crippen MR) is 152 cm³/mol. The van der Waals surface area contributed by atoms with E-state index in [9.17, 15) is 0 Å². The first-order valence-corrected chi connectivity index (χ1v) is 16.1. The van der Waals surface area contributed by atoms with Gasteiger partial charge in [0.05, 0.1) is 24.1 Å². The molecule has 4 aliphatic rings. The fraction of sp³-hybridized carbons (Fsp3) is 0.769. The number of hydroxylamine groups is 4. The molecule has 208 valence electrons. The van der Waals surface area contributed by atoms with E-state index in [-0.39, 0.29) is 0 Å². The molecule has 12 heteroatoms. The minimum Gasteiger partial charge on any atom is -0.355 e. The maximum absolute atomic E-state index is 6.10. The van der Waals surface area contributed by atoms with Gasteiger partial charge in [-0.15, -0.1) is 0 Å². The van der Waals surface area contributed by atoms with Crippen LogP contribution < -0.4 is 9.80 Å². The van der Waals surface area contributed by atoms with Gasteiger partial charge in [-0.2, -0.15) is 10.1 Å². The van der Waals surface area contributed by atoms with Crippen molar-refractivity contribution in [3.8, 4) is 0 Å². The van der Waals surface area contributed by atoms with Gasteiger partial charge < -0.3 is 9.80 Å². The summed E-state index contributed by atoms with van der Waals surface area (Å²) in [6.07, 6.45) is 14.4.